The molecule has 2 rings (SSSR count). The van der Waals surface area contributed by atoms with E-state index in [2.05, 4.69) is 5.10 Å². The minimum atomic E-state index is -0.307. The molecule has 0 atom stereocenters. The Morgan fingerprint density at radius 3 is 2.17 bits per heavy atom. The van der Waals surface area contributed by atoms with Gasteiger partial charge in [-0.3, -0.25) is 4.79 Å². The van der Waals surface area contributed by atoms with Crippen LogP contribution in [0.4, 0.5) is 5.82 Å². The van der Waals surface area contributed by atoms with Crippen molar-refractivity contribution < 1.29 is 14.2 Å². The smallest absolute Gasteiger partial charge is 0.273 e. The third-order valence-electron chi connectivity index (χ3n) is 3.23. The van der Waals surface area contributed by atoms with E-state index >= 15 is 0 Å². The van der Waals surface area contributed by atoms with Gasteiger partial charge in [0.1, 0.15) is 11.6 Å². The molecule has 122 valence electrons. The van der Waals surface area contributed by atoms with Gasteiger partial charge in [0.05, 0.1) is 27.5 Å². The van der Waals surface area contributed by atoms with E-state index in [0.29, 0.717) is 22.8 Å². The fourth-order valence-electron chi connectivity index (χ4n) is 2.12. The molecule has 0 amide bonds. The highest BCUT2D eigenvalue weighted by atomic mass is 16.5. The Hall–Kier alpha value is -2.96. The van der Waals surface area contributed by atoms with Crippen molar-refractivity contribution in [2.75, 3.05) is 27.1 Å². The number of nitrogen functional groups attached to an aromatic ring is 1. The van der Waals surface area contributed by atoms with Gasteiger partial charge in [-0.15, -0.1) is 0 Å². The Morgan fingerprint density at radius 2 is 1.61 bits per heavy atom. The number of nitrogens with two attached hydrogens (primary N) is 1. The van der Waals surface area contributed by atoms with Gasteiger partial charge in [0.25, 0.3) is 5.56 Å². The number of aryl methyl sites for hydroxylation is 1. The second-order valence-corrected chi connectivity index (χ2v) is 4.80. The molecule has 2 aromatic rings. The largest absolute Gasteiger partial charge is 0.496 e. The molecule has 0 bridgehead atoms. The number of methoxy groups -OCH3 is 3. The van der Waals surface area contributed by atoms with Crippen molar-refractivity contribution in [1.82, 2.24) is 4.68 Å². The Labute approximate surface area is 133 Å². The van der Waals surface area contributed by atoms with Crippen molar-refractivity contribution in [3.63, 3.8) is 0 Å². The van der Waals surface area contributed by atoms with Crippen LogP contribution in [0.25, 0.3) is 0 Å². The Balaban J connectivity index is 2.49. The second-order valence-electron chi connectivity index (χ2n) is 4.80. The first kappa shape index (κ1) is 16.4. The molecule has 7 heteroatoms. The molecule has 0 saturated carbocycles. The van der Waals surface area contributed by atoms with Gasteiger partial charge in [-0.2, -0.15) is 9.78 Å². The average molecular weight is 317 g/mol. The fraction of sp³-hybridized carbons (Fsp3) is 0.250. The van der Waals surface area contributed by atoms with Gasteiger partial charge in [0, 0.05) is 17.7 Å². The summed E-state index contributed by atoms with van der Waals surface area (Å²) in [6.45, 7) is 1.79. The van der Waals surface area contributed by atoms with E-state index in [1.807, 2.05) is 0 Å². The van der Waals surface area contributed by atoms with Crippen molar-refractivity contribution in [3.8, 4) is 17.2 Å². The summed E-state index contributed by atoms with van der Waals surface area (Å²) in [5.41, 5.74) is 6.93. The number of nitrogens with zero attached hydrogens (tertiary/aromatic N) is 2. The van der Waals surface area contributed by atoms with E-state index in [0.717, 1.165) is 10.2 Å². The van der Waals surface area contributed by atoms with E-state index in [9.17, 15) is 4.79 Å². The standard InChI is InChI=1S/C16H19N3O4/c1-10-5-15(17)19(16(20)6-10)18-9-11-7-13(22-3)14(23-4)8-12(11)21-2/h5-9H,17H2,1-4H3/b18-9-. The number of hydrogen-bond donors (Lipinski definition) is 1. The molecule has 0 fully saturated rings. The first-order valence-corrected chi connectivity index (χ1v) is 6.83. The van der Waals surface area contributed by atoms with Crippen LogP contribution in [0.1, 0.15) is 11.1 Å². The van der Waals surface area contributed by atoms with Crippen LogP contribution in [-0.4, -0.2) is 32.2 Å². The zero-order valence-electron chi connectivity index (χ0n) is 13.5. The summed E-state index contributed by atoms with van der Waals surface area (Å²) in [5.74, 6) is 1.85. The molecule has 0 spiro atoms. The molecule has 0 unspecified atom stereocenters. The summed E-state index contributed by atoms with van der Waals surface area (Å²) in [6, 6.07) is 6.52. The maximum absolute atomic E-state index is 12.0. The van der Waals surface area contributed by atoms with Crippen LogP contribution in [0.3, 0.4) is 0 Å². The van der Waals surface area contributed by atoms with Crippen LogP contribution >= 0.6 is 0 Å². The predicted octanol–water partition coefficient (Wildman–Crippen LogP) is 1.65. The highest BCUT2D eigenvalue weighted by molar-refractivity contribution is 5.85. The van der Waals surface area contributed by atoms with Crippen LogP contribution in [-0.2, 0) is 0 Å². The summed E-state index contributed by atoms with van der Waals surface area (Å²) >= 11 is 0. The molecule has 1 aromatic carbocycles. The third-order valence-corrected chi connectivity index (χ3v) is 3.23. The normalized spacial score (nSPS) is 10.8. The molecule has 0 aliphatic rings. The van der Waals surface area contributed by atoms with Gasteiger partial charge in [0.2, 0.25) is 0 Å². The van der Waals surface area contributed by atoms with Gasteiger partial charge >= 0.3 is 0 Å². The summed E-state index contributed by atoms with van der Waals surface area (Å²) in [7, 11) is 4.61. The lowest BCUT2D eigenvalue weighted by Gasteiger charge is -2.12. The van der Waals surface area contributed by atoms with E-state index in [4.69, 9.17) is 19.9 Å². The van der Waals surface area contributed by atoms with Gasteiger partial charge in [0.15, 0.2) is 11.5 Å². The lowest BCUT2D eigenvalue weighted by atomic mass is 10.2. The van der Waals surface area contributed by atoms with Crippen LogP contribution < -0.4 is 25.5 Å². The number of anilines is 1. The number of aromatic nitrogens is 1. The highest BCUT2D eigenvalue weighted by Gasteiger charge is 2.10. The molecule has 0 aliphatic carbocycles. The Bertz CT molecular complexity index is 797. The number of rotatable bonds is 5. The Morgan fingerprint density at radius 1 is 1.00 bits per heavy atom. The molecule has 23 heavy (non-hydrogen) atoms. The van der Waals surface area contributed by atoms with Gasteiger partial charge < -0.3 is 19.9 Å². The van der Waals surface area contributed by atoms with E-state index in [1.165, 1.54) is 33.6 Å². The van der Waals surface area contributed by atoms with Crippen molar-refractivity contribution >= 4 is 12.0 Å². The zero-order chi connectivity index (χ0) is 17.0. The molecule has 7 nitrogen and oxygen atoms in total. The summed E-state index contributed by atoms with van der Waals surface area (Å²) < 4.78 is 16.9. The van der Waals surface area contributed by atoms with Crippen LogP contribution in [0.2, 0.25) is 0 Å². The molecule has 2 N–H and O–H groups in total. The van der Waals surface area contributed by atoms with E-state index in [-0.39, 0.29) is 11.4 Å². The molecule has 0 saturated heterocycles. The maximum atomic E-state index is 12.0. The topological polar surface area (TPSA) is 88.1 Å². The maximum Gasteiger partial charge on any atom is 0.273 e. The summed E-state index contributed by atoms with van der Waals surface area (Å²) in [5, 5.41) is 4.13. The monoisotopic (exact) mass is 317 g/mol. The second kappa shape index (κ2) is 6.87. The quantitative estimate of drug-likeness (QED) is 0.847. The van der Waals surface area contributed by atoms with Crippen LogP contribution in [0.5, 0.6) is 17.2 Å². The van der Waals surface area contributed by atoms with Crippen molar-refractivity contribution in [1.29, 1.82) is 0 Å². The Kier molecular flexibility index (Phi) is 4.90. The zero-order valence-corrected chi connectivity index (χ0v) is 13.5. The predicted molar refractivity (Wildman–Crippen MR) is 88.9 cm³/mol. The minimum Gasteiger partial charge on any atom is -0.496 e. The van der Waals surface area contributed by atoms with Gasteiger partial charge in [-0.25, -0.2) is 0 Å². The number of hydrogen-bond acceptors (Lipinski definition) is 6. The van der Waals surface area contributed by atoms with Crippen molar-refractivity contribution in [2.45, 2.75) is 6.92 Å². The van der Waals surface area contributed by atoms with Gasteiger partial charge in [-0.1, -0.05) is 0 Å². The first-order valence-electron chi connectivity index (χ1n) is 6.83. The highest BCUT2D eigenvalue weighted by Crippen LogP contribution is 2.33. The molecular weight excluding hydrogens is 298 g/mol. The fourth-order valence-corrected chi connectivity index (χ4v) is 2.12. The van der Waals surface area contributed by atoms with Crippen molar-refractivity contribution in [2.24, 2.45) is 5.10 Å². The minimum absolute atomic E-state index is 0.255. The van der Waals surface area contributed by atoms with Crippen LogP contribution in [0, 0.1) is 6.92 Å². The van der Waals surface area contributed by atoms with E-state index < -0.39 is 0 Å². The molecule has 1 heterocycles. The van der Waals surface area contributed by atoms with Crippen LogP contribution in [0.15, 0.2) is 34.2 Å². The van der Waals surface area contributed by atoms with E-state index in [1.54, 1.807) is 25.1 Å². The molecule has 1 aromatic heterocycles. The number of benzene rings is 1. The van der Waals surface area contributed by atoms with Gasteiger partial charge in [-0.05, 0) is 24.6 Å². The number of pyridine rings is 1. The lowest BCUT2D eigenvalue weighted by molar-refractivity contribution is 0.349. The molecule has 0 aliphatic heterocycles. The average Bonchev–Trinajstić information content (AvgIpc) is 2.53. The summed E-state index contributed by atoms with van der Waals surface area (Å²) in [6.07, 6.45) is 1.48. The third kappa shape index (κ3) is 3.45. The van der Waals surface area contributed by atoms with Crippen molar-refractivity contribution in [3.05, 3.63) is 45.7 Å². The molecular formula is C16H19N3O4. The lowest BCUT2D eigenvalue weighted by Crippen LogP contribution is -2.19. The summed E-state index contributed by atoms with van der Waals surface area (Å²) in [4.78, 5) is 12.0. The molecule has 0 radical (unpaired) electrons. The first-order chi connectivity index (χ1) is 11.0. The SMILES string of the molecule is COc1cc(OC)c(OC)cc1/C=N\n1c(N)cc(C)cc1=O. The number of ether oxygens (including phenoxy) is 3.